The van der Waals surface area contributed by atoms with E-state index < -0.39 is 11.7 Å². The van der Waals surface area contributed by atoms with Crippen molar-refractivity contribution in [2.24, 2.45) is 0 Å². The molecule has 0 heterocycles. The second-order valence-corrected chi connectivity index (χ2v) is 6.84. The average molecular weight is 305 g/mol. The normalized spacial score (nSPS) is 17.5. The summed E-state index contributed by atoms with van der Waals surface area (Å²) < 4.78 is 6.12. The van der Waals surface area contributed by atoms with Crippen LogP contribution < -0.4 is 0 Å². The number of amides is 1. The van der Waals surface area contributed by atoms with Gasteiger partial charge in [0.2, 0.25) is 0 Å². The molecule has 0 bridgehead atoms. The summed E-state index contributed by atoms with van der Waals surface area (Å²) in [6.07, 6.45) is 3.94. The summed E-state index contributed by atoms with van der Waals surface area (Å²) in [6.45, 7) is 3.68. The molecule has 1 atom stereocenters. The van der Waals surface area contributed by atoms with Crippen LogP contribution in [0.1, 0.15) is 51.2 Å². The van der Waals surface area contributed by atoms with Crippen LogP contribution in [-0.4, -0.2) is 41.2 Å². The molecule has 1 aromatic rings. The van der Waals surface area contributed by atoms with E-state index in [9.17, 15) is 9.90 Å². The number of carbonyl (C=O) groups is 1. The average Bonchev–Trinajstić information content (AvgIpc) is 2.96. The van der Waals surface area contributed by atoms with E-state index in [0.29, 0.717) is 0 Å². The summed E-state index contributed by atoms with van der Waals surface area (Å²) in [5.74, 6) is -0.0970. The highest BCUT2D eigenvalue weighted by atomic mass is 16.5. The Hall–Kier alpha value is -1.39. The molecule has 22 heavy (non-hydrogen) atoms. The molecular formula is C18H27NO3. The highest BCUT2D eigenvalue weighted by Crippen LogP contribution is 2.29. The van der Waals surface area contributed by atoms with Gasteiger partial charge in [-0.1, -0.05) is 43.2 Å². The predicted molar refractivity (Wildman–Crippen MR) is 86.5 cm³/mol. The van der Waals surface area contributed by atoms with E-state index in [1.807, 2.05) is 30.3 Å². The van der Waals surface area contributed by atoms with E-state index in [0.717, 1.165) is 18.4 Å². The smallest absolute Gasteiger partial charge is 0.256 e. The van der Waals surface area contributed by atoms with Gasteiger partial charge in [0.05, 0.1) is 11.7 Å². The molecular weight excluding hydrogens is 278 g/mol. The molecule has 1 fully saturated rings. The molecule has 0 aliphatic heterocycles. The van der Waals surface area contributed by atoms with Crippen LogP contribution in [0.4, 0.5) is 0 Å². The number of hydrogen-bond acceptors (Lipinski definition) is 3. The third-order valence-corrected chi connectivity index (χ3v) is 3.96. The van der Waals surface area contributed by atoms with Crippen LogP contribution >= 0.6 is 0 Å². The molecule has 1 amide bonds. The molecule has 122 valence electrons. The Morgan fingerprint density at radius 1 is 1.32 bits per heavy atom. The fourth-order valence-corrected chi connectivity index (χ4v) is 2.98. The van der Waals surface area contributed by atoms with Crippen LogP contribution in [-0.2, 0) is 9.53 Å². The molecule has 0 radical (unpaired) electrons. The lowest BCUT2D eigenvalue weighted by molar-refractivity contribution is -0.149. The van der Waals surface area contributed by atoms with Gasteiger partial charge in [0.25, 0.3) is 5.91 Å². The van der Waals surface area contributed by atoms with Crippen molar-refractivity contribution in [3.63, 3.8) is 0 Å². The third-order valence-electron chi connectivity index (χ3n) is 3.96. The zero-order valence-corrected chi connectivity index (χ0v) is 13.8. The number of rotatable bonds is 6. The van der Waals surface area contributed by atoms with Crippen molar-refractivity contribution in [1.82, 2.24) is 4.90 Å². The second-order valence-electron chi connectivity index (χ2n) is 6.84. The Labute approximate surface area is 133 Å². The van der Waals surface area contributed by atoms with Gasteiger partial charge in [0.15, 0.2) is 6.10 Å². The predicted octanol–water partition coefficient (Wildman–Crippen LogP) is 2.92. The van der Waals surface area contributed by atoms with E-state index in [1.165, 1.54) is 12.8 Å². The van der Waals surface area contributed by atoms with E-state index in [4.69, 9.17) is 4.74 Å². The quantitative estimate of drug-likeness (QED) is 0.879. The summed E-state index contributed by atoms with van der Waals surface area (Å²) in [5, 5.41) is 9.94. The third kappa shape index (κ3) is 4.82. The Bertz CT molecular complexity index is 475. The molecule has 1 aliphatic rings. The fourth-order valence-electron chi connectivity index (χ4n) is 2.98. The number of nitrogens with zero attached hydrogens (tertiary/aromatic N) is 1. The molecule has 0 saturated heterocycles. The van der Waals surface area contributed by atoms with Crippen molar-refractivity contribution in [3.05, 3.63) is 35.9 Å². The van der Waals surface area contributed by atoms with Gasteiger partial charge in [0.1, 0.15) is 0 Å². The number of hydrogen-bond donors (Lipinski definition) is 1. The lowest BCUT2D eigenvalue weighted by Crippen LogP contribution is -2.42. The van der Waals surface area contributed by atoms with Gasteiger partial charge in [0, 0.05) is 13.6 Å². The summed E-state index contributed by atoms with van der Waals surface area (Å²) in [5.41, 5.74) is -0.0408. The fraction of sp³-hybridized carbons (Fsp3) is 0.611. The number of benzene rings is 1. The topological polar surface area (TPSA) is 49.8 Å². The van der Waals surface area contributed by atoms with Crippen LogP contribution in [0.5, 0.6) is 0 Å². The van der Waals surface area contributed by atoms with Gasteiger partial charge in [-0.15, -0.1) is 0 Å². The van der Waals surface area contributed by atoms with Crippen LogP contribution in [0.25, 0.3) is 0 Å². The van der Waals surface area contributed by atoms with Crippen molar-refractivity contribution in [1.29, 1.82) is 0 Å². The lowest BCUT2D eigenvalue weighted by Gasteiger charge is -2.30. The molecule has 2 rings (SSSR count). The van der Waals surface area contributed by atoms with Crippen molar-refractivity contribution >= 4 is 5.91 Å². The zero-order chi connectivity index (χ0) is 16.2. The van der Waals surface area contributed by atoms with Crippen molar-refractivity contribution in [2.45, 2.75) is 57.3 Å². The van der Waals surface area contributed by atoms with Gasteiger partial charge in [-0.05, 0) is 32.3 Å². The number of aliphatic hydroxyl groups is 1. The molecule has 1 N–H and O–H groups in total. The first-order chi connectivity index (χ1) is 10.4. The van der Waals surface area contributed by atoms with E-state index in [2.05, 4.69) is 0 Å². The SMILES string of the molecule is CN(CC(C)(C)O)C(=O)C(OC1CCCC1)c1ccccc1. The standard InChI is InChI=1S/C18H27NO3/c1-18(2,21)13-19(3)17(20)16(14-9-5-4-6-10-14)22-15-11-7-8-12-15/h4-6,9-10,15-16,21H,7-8,11-13H2,1-3H3. The van der Waals surface area contributed by atoms with Crippen LogP contribution in [0, 0.1) is 0 Å². The van der Waals surface area contributed by atoms with Crippen molar-refractivity contribution < 1.29 is 14.6 Å². The molecule has 1 aliphatic carbocycles. The van der Waals surface area contributed by atoms with Gasteiger partial charge in [-0.25, -0.2) is 0 Å². The van der Waals surface area contributed by atoms with Crippen LogP contribution in [0.15, 0.2) is 30.3 Å². The van der Waals surface area contributed by atoms with Crippen molar-refractivity contribution in [3.8, 4) is 0 Å². The maximum atomic E-state index is 12.8. The Balaban J connectivity index is 2.14. The molecule has 4 heteroatoms. The molecule has 1 saturated carbocycles. The van der Waals surface area contributed by atoms with Crippen LogP contribution in [0.3, 0.4) is 0 Å². The lowest BCUT2D eigenvalue weighted by atomic mass is 10.1. The minimum atomic E-state index is -0.918. The van der Waals surface area contributed by atoms with Crippen LogP contribution in [0.2, 0.25) is 0 Å². The van der Waals surface area contributed by atoms with Gasteiger partial charge < -0.3 is 14.7 Å². The zero-order valence-electron chi connectivity index (χ0n) is 13.8. The summed E-state index contributed by atoms with van der Waals surface area (Å²) in [4.78, 5) is 14.4. The highest BCUT2D eigenvalue weighted by Gasteiger charge is 2.30. The van der Waals surface area contributed by atoms with Gasteiger partial charge >= 0.3 is 0 Å². The maximum absolute atomic E-state index is 12.8. The highest BCUT2D eigenvalue weighted by molar-refractivity contribution is 5.82. The molecule has 0 spiro atoms. The van der Waals surface area contributed by atoms with Gasteiger partial charge in [-0.2, -0.15) is 0 Å². The monoisotopic (exact) mass is 305 g/mol. The molecule has 4 nitrogen and oxygen atoms in total. The van der Waals surface area contributed by atoms with E-state index in [1.54, 1.807) is 25.8 Å². The van der Waals surface area contributed by atoms with E-state index >= 15 is 0 Å². The first kappa shape index (κ1) is 17.0. The Kier molecular flexibility index (Phi) is 5.59. The minimum Gasteiger partial charge on any atom is -0.389 e. The second kappa shape index (κ2) is 7.25. The molecule has 0 aromatic heterocycles. The summed E-state index contributed by atoms with van der Waals surface area (Å²) in [6, 6.07) is 9.62. The first-order valence-corrected chi connectivity index (χ1v) is 8.04. The number of likely N-dealkylation sites (N-methyl/N-ethyl adjacent to an activating group) is 1. The minimum absolute atomic E-state index is 0.0970. The maximum Gasteiger partial charge on any atom is 0.256 e. The van der Waals surface area contributed by atoms with E-state index in [-0.39, 0.29) is 18.6 Å². The molecule has 1 aromatic carbocycles. The summed E-state index contributed by atoms with van der Waals surface area (Å²) >= 11 is 0. The Morgan fingerprint density at radius 2 is 1.91 bits per heavy atom. The Morgan fingerprint density at radius 3 is 2.45 bits per heavy atom. The largest absolute Gasteiger partial charge is 0.389 e. The number of ether oxygens (including phenoxy) is 1. The van der Waals surface area contributed by atoms with Crippen molar-refractivity contribution in [2.75, 3.05) is 13.6 Å². The summed E-state index contributed by atoms with van der Waals surface area (Å²) in [7, 11) is 1.72. The first-order valence-electron chi connectivity index (χ1n) is 8.04. The molecule has 1 unspecified atom stereocenters. The number of carbonyl (C=O) groups excluding carboxylic acids is 1. The van der Waals surface area contributed by atoms with Gasteiger partial charge in [-0.3, -0.25) is 4.79 Å².